The molecule has 222 valence electrons. The van der Waals surface area contributed by atoms with Crippen LogP contribution in [0, 0.1) is 28.6 Å². The Kier molecular flexibility index (Phi) is 10.0. The summed E-state index contributed by atoms with van der Waals surface area (Å²) < 4.78 is 5.32. The summed E-state index contributed by atoms with van der Waals surface area (Å²) in [4.78, 5) is 65.7. The topological polar surface area (TPSA) is 146 Å². The van der Waals surface area contributed by atoms with Gasteiger partial charge >= 0.3 is 5.97 Å². The fourth-order valence-electron chi connectivity index (χ4n) is 7.75. The standard InChI is InChI=1S/C30H46N4O6/c1-19(2)40-28(38)25(9-8-23(35)18-31)32-27(37)24(6-3-4-10-34-11-5-7-26(34)36)33-29(39)30-15-20-12-21(16-30)14-22(13-20)17-30/h18-22,24-25,31H,3-17H2,1-2H3,(H,32,37)(H,33,39)/t20?,21?,22?,24-,25-,30?/m0/s1. The molecular formula is C30H46N4O6. The van der Waals surface area contributed by atoms with Crippen LogP contribution in [0.5, 0.6) is 0 Å². The van der Waals surface area contributed by atoms with Crippen molar-refractivity contribution in [1.82, 2.24) is 15.5 Å². The quantitative estimate of drug-likeness (QED) is 0.160. The summed E-state index contributed by atoms with van der Waals surface area (Å²) in [5, 5.41) is 13.0. The van der Waals surface area contributed by atoms with Crippen molar-refractivity contribution >= 4 is 35.7 Å². The van der Waals surface area contributed by atoms with E-state index < -0.39 is 41.3 Å². The fourth-order valence-corrected chi connectivity index (χ4v) is 7.75. The SMILES string of the molecule is CC(C)OC(=O)[C@H](CCC(=O)C=N)NC(=O)[C@H](CCCCN1CCCC1=O)NC(=O)C12CC3CC(CC(C3)C1)C2. The van der Waals surface area contributed by atoms with E-state index in [1.807, 2.05) is 4.90 Å². The molecular weight excluding hydrogens is 512 g/mol. The second-order valence-corrected chi connectivity index (χ2v) is 12.9. The van der Waals surface area contributed by atoms with E-state index in [0.29, 0.717) is 49.8 Å². The third kappa shape index (κ3) is 7.49. The van der Waals surface area contributed by atoms with Gasteiger partial charge < -0.3 is 25.7 Å². The third-order valence-corrected chi connectivity index (χ3v) is 9.28. The number of ketones is 1. The van der Waals surface area contributed by atoms with Crippen molar-refractivity contribution in [2.75, 3.05) is 13.1 Å². The fraction of sp³-hybridized carbons (Fsp3) is 0.800. The number of carbonyl (C=O) groups is 5. The van der Waals surface area contributed by atoms with Crippen LogP contribution in [-0.2, 0) is 28.7 Å². The molecule has 5 fully saturated rings. The summed E-state index contributed by atoms with van der Waals surface area (Å²) in [6, 6.07) is -1.89. The first-order valence-electron chi connectivity index (χ1n) is 15.2. The predicted molar refractivity (Wildman–Crippen MR) is 148 cm³/mol. The van der Waals surface area contributed by atoms with Crippen molar-refractivity contribution in [3.8, 4) is 0 Å². The van der Waals surface area contributed by atoms with Crippen molar-refractivity contribution < 1.29 is 28.7 Å². The molecule has 1 aliphatic heterocycles. The Morgan fingerprint density at radius 3 is 2.20 bits per heavy atom. The van der Waals surface area contributed by atoms with Gasteiger partial charge in [0.05, 0.1) is 12.3 Å². The first kappa shape index (κ1) is 30.2. The highest BCUT2D eigenvalue weighted by Gasteiger charge is 2.55. The van der Waals surface area contributed by atoms with Crippen molar-refractivity contribution in [1.29, 1.82) is 5.41 Å². The van der Waals surface area contributed by atoms with Crippen molar-refractivity contribution in [2.24, 2.45) is 23.2 Å². The molecule has 5 aliphatic rings. The van der Waals surface area contributed by atoms with Gasteiger partial charge in [0.2, 0.25) is 17.7 Å². The molecule has 5 rings (SSSR count). The van der Waals surface area contributed by atoms with Crippen LogP contribution in [-0.4, -0.2) is 71.9 Å². The van der Waals surface area contributed by atoms with Gasteiger partial charge in [-0.05, 0) is 102 Å². The molecule has 10 heteroatoms. The van der Waals surface area contributed by atoms with E-state index in [0.717, 1.165) is 38.6 Å². The smallest absolute Gasteiger partial charge is 0.328 e. The molecule has 0 unspecified atom stereocenters. The zero-order chi connectivity index (χ0) is 28.9. The molecule has 4 saturated carbocycles. The van der Waals surface area contributed by atoms with Crippen LogP contribution in [0.2, 0.25) is 0 Å². The Bertz CT molecular complexity index is 959. The van der Waals surface area contributed by atoms with E-state index in [1.165, 1.54) is 19.3 Å². The van der Waals surface area contributed by atoms with Crippen LogP contribution < -0.4 is 10.6 Å². The maximum atomic E-state index is 13.8. The van der Waals surface area contributed by atoms with E-state index >= 15 is 0 Å². The van der Waals surface area contributed by atoms with E-state index in [9.17, 15) is 24.0 Å². The maximum absolute atomic E-state index is 13.8. The summed E-state index contributed by atoms with van der Waals surface area (Å²) in [6.07, 6.45) is 9.70. The molecule has 0 spiro atoms. The van der Waals surface area contributed by atoms with Gasteiger partial charge in [-0.25, -0.2) is 4.79 Å². The van der Waals surface area contributed by atoms with Crippen LogP contribution in [0.3, 0.4) is 0 Å². The molecule has 10 nitrogen and oxygen atoms in total. The zero-order valence-electron chi connectivity index (χ0n) is 24.0. The Labute approximate surface area is 237 Å². The van der Waals surface area contributed by atoms with Crippen LogP contribution >= 0.6 is 0 Å². The first-order valence-corrected chi connectivity index (χ1v) is 15.2. The molecule has 4 aliphatic carbocycles. The van der Waals surface area contributed by atoms with Crippen LogP contribution in [0.4, 0.5) is 0 Å². The number of hydrogen-bond acceptors (Lipinski definition) is 7. The number of nitrogens with one attached hydrogen (secondary N) is 3. The minimum Gasteiger partial charge on any atom is -0.461 e. The van der Waals surface area contributed by atoms with Gasteiger partial charge in [-0.1, -0.05) is 0 Å². The number of amides is 3. The highest BCUT2D eigenvalue weighted by molar-refractivity contribution is 6.26. The lowest BCUT2D eigenvalue weighted by Crippen LogP contribution is -2.58. The number of nitrogens with zero attached hydrogens (tertiary/aromatic N) is 1. The summed E-state index contributed by atoms with van der Waals surface area (Å²) in [5.74, 6) is 0.316. The summed E-state index contributed by atoms with van der Waals surface area (Å²) in [6.45, 7) is 4.81. The van der Waals surface area contributed by atoms with Gasteiger partial charge in [0.25, 0.3) is 0 Å². The number of likely N-dealkylation sites (tertiary alicyclic amines) is 1. The normalized spacial score (nSPS) is 28.3. The highest BCUT2D eigenvalue weighted by atomic mass is 16.5. The summed E-state index contributed by atoms with van der Waals surface area (Å²) in [5.41, 5.74) is -0.415. The second kappa shape index (κ2) is 13.3. The van der Waals surface area contributed by atoms with Gasteiger partial charge in [-0.2, -0.15) is 0 Å². The number of ether oxygens (including phenoxy) is 1. The van der Waals surface area contributed by atoms with Gasteiger partial charge in [0.15, 0.2) is 5.78 Å². The lowest BCUT2D eigenvalue weighted by molar-refractivity contribution is -0.152. The van der Waals surface area contributed by atoms with E-state index in [-0.39, 0.29) is 24.7 Å². The van der Waals surface area contributed by atoms with Crippen molar-refractivity contribution in [2.45, 2.75) is 116 Å². The van der Waals surface area contributed by atoms with E-state index in [2.05, 4.69) is 10.6 Å². The van der Waals surface area contributed by atoms with E-state index in [4.69, 9.17) is 10.1 Å². The Hall–Kier alpha value is -2.78. The molecule has 0 aromatic carbocycles. The number of esters is 1. The highest BCUT2D eigenvalue weighted by Crippen LogP contribution is 2.60. The van der Waals surface area contributed by atoms with Crippen LogP contribution in [0.15, 0.2) is 0 Å². The summed E-state index contributed by atoms with van der Waals surface area (Å²) >= 11 is 0. The Balaban J connectivity index is 1.43. The Morgan fingerprint density at radius 2 is 1.65 bits per heavy atom. The zero-order valence-corrected chi connectivity index (χ0v) is 24.0. The number of hydrogen-bond donors (Lipinski definition) is 3. The lowest BCUT2D eigenvalue weighted by atomic mass is 9.49. The monoisotopic (exact) mass is 558 g/mol. The lowest BCUT2D eigenvalue weighted by Gasteiger charge is -2.55. The van der Waals surface area contributed by atoms with Gasteiger partial charge in [-0.3, -0.25) is 19.2 Å². The van der Waals surface area contributed by atoms with Crippen molar-refractivity contribution in [3.63, 3.8) is 0 Å². The maximum Gasteiger partial charge on any atom is 0.328 e. The molecule has 4 bridgehead atoms. The number of rotatable bonds is 15. The van der Waals surface area contributed by atoms with Gasteiger partial charge in [0, 0.05) is 31.3 Å². The third-order valence-electron chi connectivity index (χ3n) is 9.28. The largest absolute Gasteiger partial charge is 0.461 e. The average molecular weight is 559 g/mol. The van der Waals surface area contributed by atoms with E-state index in [1.54, 1.807) is 13.8 Å². The summed E-state index contributed by atoms with van der Waals surface area (Å²) in [7, 11) is 0. The molecule has 3 amide bonds. The molecule has 1 saturated heterocycles. The number of carbonyl (C=O) groups excluding carboxylic acids is 5. The molecule has 0 aromatic rings. The minimum atomic E-state index is -1.06. The van der Waals surface area contributed by atoms with Crippen LogP contribution in [0.1, 0.15) is 97.3 Å². The van der Waals surface area contributed by atoms with Crippen LogP contribution in [0.25, 0.3) is 0 Å². The average Bonchev–Trinajstić information content (AvgIpc) is 3.30. The molecule has 40 heavy (non-hydrogen) atoms. The molecule has 1 heterocycles. The molecule has 2 atom stereocenters. The number of Topliss-reactive ketones (excluding diaryl/α,β-unsaturated/α-hetero) is 1. The van der Waals surface area contributed by atoms with Gasteiger partial charge in [0.1, 0.15) is 12.1 Å². The molecule has 0 radical (unpaired) electrons. The first-order chi connectivity index (χ1) is 19.1. The predicted octanol–water partition coefficient (Wildman–Crippen LogP) is 2.92. The van der Waals surface area contributed by atoms with Crippen molar-refractivity contribution in [3.05, 3.63) is 0 Å². The molecule has 0 aromatic heterocycles. The van der Waals surface area contributed by atoms with Gasteiger partial charge in [-0.15, -0.1) is 0 Å². The minimum absolute atomic E-state index is 0.0121. The Morgan fingerprint density at radius 1 is 1.00 bits per heavy atom. The second-order valence-electron chi connectivity index (χ2n) is 12.9. The molecule has 3 N–H and O–H groups in total. The number of unbranched alkanes of at least 4 members (excludes halogenated alkanes) is 1.